The van der Waals surface area contributed by atoms with Gasteiger partial charge >= 0.3 is 21.7 Å². The van der Waals surface area contributed by atoms with E-state index in [4.69, 9.17) is 0 Å². The summed E-state index contributed by atoms with van der Waals surface area (Å²) < 4.78 is 0. The summed E-state index contributed by atoms with van der Waals surface area (Å²) >= 11 is 0. The molecule has 0 aromatic heterocycles. The maximum Gasteiger partial charge on any atom is 2.00 e. The van der Waals surface area contributed by atoms with E-state index in [1.54, 1.807) is 0 Å². The van der Waals surface area contributed by atoms with Crippen molar-refractivity contribution in [3.8, 4) is 0 Å². The van der Waals surface area contributed by atoms with E-state index >= 15 is 0 Å². The van der Waals surface area contributed by atoms with E-state index in [1.807, 2.05) is 0 Å². The molecule has 6 rings (SSSR count). The van der Waals surface area contributed by atoms with E-state index < -0.39 is 15.8 Å². The minimum atomic E-state index is -0.508. The normalized spacial score (nSPS) is 11.1. The molecule has 0 nitrogen and oxygen atoms in total. The van der Waals surface area contributed by atoms with Crippen molar-refractivity contribution in [2.24, 2.45) is 0 Å². The molecule has 0 saturated heterocycles. The Morgan fingerprint density at radius 1 is 0.327 bits per heavy atom. The average molecular weight is 715 g/mol. The van der Waals surface area contributed by atoms with Crippen LogP contribution in [-0.4, -0.2) is 0 Å². The summed E-state index contributed by atoms with van der Waals surface area (Å²) in [4.78, 5) is 0. The minimum Gasteiger partial charge on any atom is -0.213 e. The van der Waals surface area contributed by atoms with Gasteiger partial charge in [-0.15, -0.1) is 10.6 Å². The smallest absolute Gasteiger partial charge is 0.213 e. The minimum absolute atomic E-state index is 0. The van der Waals surface area contributed by atoms with Crippen LogP contribution in [0, 0.1) is 83.1 Å². The Balaban J connectivity index is 0.000000216. The first kappa shape index (κ1) is 38.9. The van der Waals surface area contributed by atoms with Crippen molar-refractivity contribution in [1.29, 1.82) is 0 Å². The zero-order chi connectivity index (χ0) is 34.9. The molecule has 0 aliphatic carbocycles. The van der Waals surface area contributed by atoms with Crippen molar-refractivity contribution in [3.63, 3.8) is 0 Å². The fraction of sp³-hybridized carbons (Fsp3) is 0.261. The van der Waals surface area contributed by atoms with Gasteiger partial charge in [-0.05, 0) is 187 Å². The van der Waals surface area contributed by atoms with Crippen molar-refractivity contribution < 1.29 is 21.7 Å². The third-order valence-electron chi connectivity index (χ3n) is 10.9. The molecule has 0 saturated carbocycles. The van der Waals surface area contributed by atoms with E-state index in [1.165, 1.54) is 98.6 Å². The van der Waals surface area contributed by atoms with E-state index in [0.717, 1.165) is 0 Å². The number of aryl methyl sites for hydroxylation is 4. The molecule has 0 radical (unpaired) electrons. The Kier molecular flexibility index (Phi) is 13.1. The summed E-state index contributed by atoms with van der Waals surface area (Å²) in [6.07, 6.45) is 0. The van der Waals surface area contributed by atoms with Crippen molar-refractivity contribution in [2.75, 3.05) is 0 Å². The molecule has 6 aromatic carbocycles. The molecular formula is C46H52P2Ti. The molecule has 0 N–H and O–H groups in total. The molecule has 3 heteroatoms. The van der Waals surface area contributed by atoms with Crippen LogP contribution >= 0.6 is 15.8 Å². The van der Waals surface area contributed by atoms with Crippen molar-refractivity contribution in [3.05, 3.63) is 164 Å². The predicted octanol–water partition coefficient (Wildman–Crippen LogP) is 10.0. The average Bonchev–Trinajstić information content (AvgIpc) is 3.81. The largest absolute Gasteiger partial charge is 2.00 e. The van der Waals surface area contributed by atoms with Gasteiger partial charge in [0.15, 0.2) is 0 Å². The van der Waals surface area contributed by atoms with Crippen molar-refractivity contribution in [1.82, 2.24) is 0 Å². The SMILES string of the molecule is Cc1ccc(P(c2ccc[cH-]2)c2ccc(C)c(C)c2C)c(C)c1C.Cc1ccc(P(c2ccc[cH-]2)c2ccc(C)c(C)c2C)c(C)c1C.[Ti+2]. The monoisotopic (exact) mass is 714 g/mol. The van der Waals surface area contributed by atoms with Gasteiger partial charge in [0.25, 0.3) is 0 Å². The molecule has 0 heterocycles. The molecule has 49 heavy (non-hydrogen) atoms. The van der Waals surface area contributed by atoms with E-state index in [9.17, 15) is 0 Å². The molecule has 0 aliphatic heterocycles. The van der Waals surface area contributed by atoms with Gasteiger partial charge in [0, 0.05) is 0 Å². The van der Waals surface area contributed by atoms with Gasteiger partial charge in [0.05, 0.1) is 0 Å². The molecule has 6 aromatic rings. The third kappa shape index (κ3) is 7.90. The van der Waals surface area contributed by atoms with Gasteiger partial charge in [-0.25, -0.2) is 24.3 Å². The van der Waals surface area contributed by atoms with Crippen molar-refractivity contribution >= 4 is 47.7 Å². The molecule has 250 valence electrons. The van der Waals surface area contributed by atoms with Crippen molar-refractivity contribution in [2.45, 2.75) is 83.1 Å². The molecule has 0 amide bonds. The summed E-state index contributed by atoms with van der Waals surface area (Å²) in [5.74, 6) is 0. The summed E-state index contributed by atoms with van der Waals surface area (Å²) in [6.45, 7) is 27.0. The van der Waals surface area contributed by atoms with Crippen LogP contribution in [0.4, 0.5) is 0 Å². The number of benzene rings is 4. The van der Waals surface area contributed by atoms with Gasteiger partial charge in [0.2, 0.25) is 0 Å². The molecule has 0 aliphatic rings. The fourth-order valence-electron chi connectivity index (χ4n) is 6.58. The second kappa shape index (κ2) is 16.4. The van der Waals surface area contributed by atoms with Crippen LogP contribution in [0.15, 0.2) is 97.1 Å². The Labute approximate surface area is 314 Å². The Bertz CT molecular complexity index is 1780. The van der Waals surface area contributed by atoms with Gasteiger partial charge in [-0.1, -0.05) is 48.5 Å². The standard InChI is InChI=1S/2C23H26P.Ti/c2*1-15-11-13-22(19(5)17(15)3)24(21-9-7-8-10-21)23-14-12-16(2)18(4)20(23)6;/h2*7-14H,1-6H3;/q2*-1;+2. The molecule has 0 unspecified atom stereocenters. The van der Waals surface area contributed by atoms with E-state index in [-0.39, 0.29) is 21.7 Å². The van der Waals surface area contributed by atoms with Gasteiger partial charge in [-0.3, -0.25) is 0 Å². The quantitative estimate of drug-likeness (QED) is 0.0916. The van der Waals surface area contributed by atoms with Gasteiger partial charge in [-0.2, -0.15) is 24.3 Å². The topological polar surface area (TPSA) is 0 Å². The number of hydrogen-bond acceptors (Lipinski definition) is 0. The first-order valence-electron chi connectivity index (χ1n) is 17.1. The first-order chi connectivity index (χ1) is 22.8. The van der Waals surface area contributed by atoms with Crippen LogP contribution in [0.2, 0.25) is 0 Å². The van der Waals surface area contributed by atoms with Crippen LogP contribution in [0.3, 0.4) is 0 Å². The summed E-state index contributed by atoms with van der Waals surface area (Å²) in [5.41, 5.74) is 17.0. The second-order valence-electron chi connectivity index (χ2n) is 13.6. The second-order valence-corrected chi connectivity index (χ2v) is 17.9. The molecule has 0 spiro atoms. The Morgan fingerprint density at radius 3 is 0.776 bits per heavy atom. The van der Waals surface area contributed by atoms with Crippen LogP contribution in [0.25, 0.3) is 0 Å². The summed E-state index contributed by atoms with van der Waals surface area (Å²) in [7, 11) is -1.02. The van der Waals surface area contributed by atoms with E-state index in [2.05, 4.69) is 180 Å². The molecule has 0 bridgehead atoms. The Morgan fingerprint density at radius 2 is 0.571 bits per heavy atom. The van der Waals surface area contributed by atoms with Gasteiger partial charge in [0.1, 0.15) is 0 Å². The fourth-order valence-corrected chi connectivity index (χ4v) is 12.1. The van der Waals surface area contributed by atoms with Crippen LogP contribution in [0.1, 0.15) is 66.8 Å². The van der Waals surface area contributed by atoms with Gasteiger partial charge < -0.3 is 0 Å². The first-order valence-corrected chi connectivity index (χ1v) is 19.8. The zero-order valence-electron chi connectivity index (χ0n) is 31.6. The third-order valence-corrected chi connectivity index (χ3v) is 16.4. The van der Waals surface area contributed by atoms with Crippen LogP contribution in [0.5, 0.6) is 0 Å². The maximum atomic E-state index is 2.35. The van der Waals surface area contributed by atoms with E-state index in [0.29, 0.717) is 0 Å². The maximum absolute atomic E-state index is 2.35. The van der Waals surface area contributed by atoms with Crippen LogP contribution in [-0.2, 0) is 21.7 Å². The zero-order valence-corrected chi connectivity index (χ0v) is 35.0. The molecule has 0 atom stereocenters. The summed E-state index contributed by atoms with van der Waals surface area (Å²) in [5, 5.41) is 8.86. The summed E-state index contributed by atoms with van der Waals surface area (Å²) in [6, 6.07) is 36.3. The van der Waals surface area contributed by atoms with Crippen LogP contribution < -0.4 is 31.8 Å². The molecule has 0 fully saturated rings. The Hall–Kier alpha value is -2.85. The molecular weight excluding hydrogens is 662 g/mol. The number of rotatable bonds is 6. The predicted molar refractivity (Wildman–Crippen MR) is 218 cm³/mol. The number of hydrogen-bond donors (Lipinski definition) is 0.